The van der Waals surface area contributed by atoms with Gasteiger partial charge in [0, 0.05) is 23.9 Å². The van der Waals surface area contributed by atoms with E-state index in [-0.39, 0.29) is 29.4 Å². The summed E-state index contributed by atoms with van der Waals surface area (Å²) in [6, 6.07) is 4.00. The molecule has 0 atom stereocenters. The molecule has 1 aromatic heterocycles. The molecule has 1 saturated heterocycles. The Balaban J connectivity index is 0.00000220. The highest BCUT2D eigenvalue weighted by Gasteiger charge is 2.33. The molecule has 0 saturated carbocycles. The largest absolute Gasteiger partial charge is 0.380 e. The summed E-state index contributed by atoms with van der Waals surface area (Å²) in [7, 11) is 2.05. The van der Waals surface area contributed by atoms with Gasteiger partial charge in [-0.2, -0.15) is 0 Å². The molecular formula is C14H23ClIN3OS. The van der Waals surface area contributed by atoms with E-state index >= 15 is 0 Å². The molecule has 0 spiro atoms. The number of aliphatic imine (C=N–C) groups is 1. The van der Waals surface area contributed by atoms with Gasteiger partial charge in [0.25, 0.3) is 0 Å². The van der Waals surface area contributed by atoms with Crippen LogP contribution >= 0.6 is 46.9 Å². The fourth-order valence-corrected chi connectivity index (χ4v) is 3.16. The Bertz CT molecular complexity index is 477. The Hall–Kier alpha value is -0.0500. The average Bonchev–Trinajstić information content (AvgIpc) is 2.77. The number of ether oxygens (including phenoxy) is 1. The molecule has 0 aromatic carbocycles. The number of thiophene rings is 1. The van der Waals surface area contributed by atoms with Crippen molar-refractivity contribution in [2.75, 3.05) is 33.4 Å². The minimum absolute atomic E-state index is 0. The molecule has 120 valence electrons. The van der Waals surface area contributed by atoms with Gasteiger partial charge in [-0.3, -0.25) is 4.99 Å². The Morgan fingerprint density at radius 2 is 2.24 bits per heavy atom. The second-order valence-corrected chi connectivity index (χ2v) is 7.34. The zero-order valence-electron chi connectivity index (χ0n) is 12.7. The van der Waals surface area contributed by atoms with Crippen molar-refractivity contribution in [1.29, 1.82) is 0 Å². The van der Waals surface area contributed by atoms with Crippen LogP contribution in [0.15, 0.2) is 17.1 Å². The highest BCUT2D eigenvalue weighted by molar-refractivity contribution is 14.0. The van der Waals surface area contributed by atoms with Gasteiger partial charge in [0.15, 0.2) is 5.96 Å². The zero-order chi connectivity index (χ0) is 14.6. The quantitative estimate of drug-likeness (QED) is 0.430. The topological polar surface area (TPSA) is 36.9 Å². The molecule has 1 aliphatic rings. The van der Waals surface area contributed by atoms with Crippen molar-refractivity contribution >= 4 is 52.9 Å². The molecule has 1 aromatic rings. The maximum Gasteiger partial charge on any atom is 0.194 e. The summed E-state index contributed by atoms with van der Waals surface area (Å²) >= 11 is 7.58. The first-order valence-electron chi connectivity index (χ1n) is 6.84. The number of nitrogens with one attached hydrogen (secondary N) is 1. The molecule has 0 amide bonds. The summed E-state index contributed by atoms with van der Waals surface area (Å²) in [5.41, 5.74) is 0.202. The second kappa shape index (κ2) is 8.55. The first-order valence-corrected chi connectivity index (χ1v) is 8.03. The van der Waals surface area contributed by atoms with Gasteiger partial charge in [0.2, 0.25) is 0 Å². The van der Waals surface area contributed by atoms with Crippen LogP contribution in [0.25, 0.3) is 0 Å². The Labute approximate surface area is 152 Å². The lowest BCUT2D eigenvalue weighted by Gasteiger charge is -2.37. The lowest BCUT2D eigenvalue weighted by atomic mass is 9.89. The first-order chi connectivity index (χ1) is 9.52. The molecule has 21 heavy (non-hydrogen) atoms. The molecule has 1 fully saturated rings. The van der Waals surface area contributed by atoms with Gasteiger partial charge >= 0.3 is 0 Å². The monoisotopic (exact) mass is 443 g/mol. The van der Waals surface area contributed by atoms with E-state index in [0.717, 1.165) is 43.1 Å². The maximum atomic E-state index is 5.97. The van der Waals surface area contributed by atoms with E-state index in [0.29, 0.717) is 0 Å². The minimum atomic E-state index is 0. The van der Waals surface area contributed by atoms with Crippen molar-refractivity contribution in [3.8, 4) is 0 Å². The summed E-state index contributed by atoms with van der Waals surface area (Å²) < 4.78 is 6.10. The number of halogens is 2. The van der Waals surface area contributed by atoms with Gasteiger partial charge in [-0.25, -0.2) is 0 Å². The highest BCUT2D eigenvalue weighted by atomic mass is 127. The summed E-state index contributed by atoms with van der Waals surface area (Å²) in [4.78, 5) is 8.10. The smallest absolute Gasteiger partial charge is 0.194 e. The van der Waals surface area contributed by atoms with Gasteiger partial charge in [-0.15, -0.1) is 35.3 Å². The number of rotatable bonds is 5. The lowest BCUT2D eigenvalue weighted by molar-refractivity contribution is -0.0945. The van der Waals surface area contributed by atoms with E-state index in [1.807, 2.05) is 6.07 Å². The predicted octanol–water partition coefficient (Wildman–Crippen LogP) is 3.45. The normalized spacial score (nSPS) is 16.9. The van der Waals surface area contributed by atoms with Crippen LogP contribution in [-0.2, 0) is 11.3 Å². The van der Waals surface area contributed by atoms with E-state index in [1.165, 1.54) is 4.88 Å². The van der Waals surface area contributed by atoms with Gasteiger partial charge in [0.05, 0.1) is 30.6 Å². The zero-order valence-corrected chi connectivity index (χ0v) is 16.6. The molecule has 0 unspecified atom stereocenters. The number of nitrogens with zero attached hydrogens (tertiary/aromatic N) is 2. The van der Waals surface area contributed by atoms with Gasteiger partial charge in [0.1, 0.15) is 0 Å². The maximum absolute atomic E-state index is 5.97. The summed E-state index contributed by atoms with van der Waals surface area (Å²) in [5, 5.41) is 3.34. The van der Waals surface area contributed by atoms with Crippen molar-refractivity contribution in [3.63, 3.8) is 0 Å². The van der Waals surface area contributed by atoms with E-state index in [9.17, 15) is 0 Å². The third-order valence-electron chi connectivity index (χ3n) is 3.23. The van der Waals surface area contributed by atoms with Crippen LogP contribution in [0.1, 0.15) is 18.7 Å². The second-order valence-electron chi connectivity index (χ2n) is 5.54. The molecule has 4 nitrogen and oxygen atoms in total. The van der Waals surface area contributed by atoms with Crippen molar-refractivity contribution in [3.05, 3.63) is 21.3 Å². The molecule has 0 bridgehead atoms. The van der Waals surface area contributed by atoms with Gasteiger partial charge in [-0.05, 0) is 19.1 Å². The van der Waals surface area contributed by atoms with E-state index < -0.39 is 0 Å². The minimum Gasteiger partial charge on any atom is -0.380 e. The van der Waals surface area contributed by atoms with Crippen LogP contribution in [0.5, 0.6) is 0 Å². The predicted molar refractivity (Wildman–Crippen MR) is 101 cm³/mol. The van der Waals surface area contributed by atoms with Crippen LogP contribution in [0.2, 0.25) is 4.34 Å². The molecule has 7 heteroatoms. The van der Waals surface area contributed by atoms with Crippen molar-refractivity contribution < 1.29 is 4.74 Å². The molecule has 2 heterocycles. The van der Waals surface area contributed by atoms with Crippen LogP contribution in [0.4, 0.5) is 0 Å². The molecular weight excluding hydrogens is 421 g/mol. The molecule has 0 aliphatic carbocycles. The Morgan fingerprint density at radius 1 is 1.52 bits per heavy atom. The number of guanidine groups is 1. The molecule has 2 rings (SSSR count). The summed E-state index contributed by atoms with van der Waals surface area (Å²) in [6.07, 6.45) is 0. The van der Waals surface area contributed by atoms with Crippen molar-refractivity contribution in [1.82, 2.24) is 10.2 Å². The Kier molecular flexibility index (Phi) is 7.73. The fraction of sp³-hybridized carbons (Fsp3) is 0.643. The number of hydrogen-bond acceptors (Lipinski definition) is 3. The SMILES string of the molecule is CCNC(=NCC1(C)COC1)N(C)Cc1ccc(Cl)s1.I. The third kappa shape index (κ3) is 5.58. The average molecular weight is 444 g/mol. The van der Waals surface area contributed by atoms with Crippen molar-refractivity contribution in [2.45, 2.75) is 20.4 Å². The summed E-state index contributed by atoms with van der Waals surface area (Å²) in [6.45, 7) is 8.38. The van der Waals surface area contributed by atoms with E-state index in [4.69, 9.17) is 21.3 Å². The van der Waals surface area contributed by atoms with Crippen LogP contribution in [-0.4, -0.2) is 44.2 Å². The van der Waals surface area contributed by atoms with Crippen molar-refractivity contribution in [2.24, 2.45) is 10.4 Å². The molecule has 1 N–H and O–H groups in total. The van der Waals surface area contributed by atoms with E-state index in [2.05, 4.69) is 37.2 Å². The molecule has 0 radical (unpaired) electrons. The molecule has 1 aliphatic heterocycles. The summed E-state index contributed by atoms with van der Waals surface area (Å²) in [5.74, 6) is 0.935. The van der Waals surface area contributed by atoms with Gasteiger partial charge in [-0.1, -0.05) is 18.5 Å². The fourth-order valence-electron chi connectivity index (χ4n) is 2.02. The van der Waals surface area contributed by atoms with Crippen LogP contribution < -0.4 is 5.32 Å². The number of hydrogen-bond donors (Lipinski definition) is 1. The lowest BCUT2D eigenvalue weighted by Crippen LogP contribution is -2.44. The highest BCUT2D eigenvalue weighted by Crippen LogP contribution is 2.27. The van der Waals surface area contributed by atoms with Crippen LogP contribution in [0.3, 0.4) is 0 Å². The standard InChI is InChI=1S/C14H22ClN3OS.HI/c1-4-16-13(17-8-14(2)9-19-10-14)18(3)7-11-5-6-12(15)20-11;/h5-6H,4,7-10H2,1-3H3,(H,16,17);1H. The Morgan fingerprint density at radius 3 is 2.71 bits per heavy atom. The first kappa shape index (κ1) is 19.0. The van der Waals surface area contributed by atoms with Gasteiger partial charge < -0.3 is 15.0 Å². The van der Waals surface area contributed by atoms with Crippen LogP contribution in [0, 0.1) is 5.41 Å². The third-order valence-corrected chi connectivity index (χ3v) is 4.45. The van der Waals surface area contributed by atoms with E-state index in [1.54, 1.807) is 11.3 Å².